The van der Waals surface area contributed by atoms with E-state index in [0.717, 1.165) is 5.56 Å². The lowest BCUT2D eigenvalue weighted by molar-refractivity contribution is 0.0697. The Bertz CT molecular complexity index is 1630. The molecular formula is C29H19ClFNO4. The number of fused-ring (bicyclic) bond motifs is 1. The number of carboxylic acid groups (broad SMARTS) is 1. The van der Waals surface area contributed by atoms with Crippen molar-refractivity contribution in [3.05, 3.63) is 107 Å². The van der Waals surface area contributed by atoms with E-state index in [2.05, 4.69) is 5.32 Å². The molecule has 5 nitrogen and oxygen atoms in total. The Morgan fingerprint density at radius 1 is 0.833 bits per heavy atom. The van der Waals surface area contributed by atoms with Crippen LogP contribution >= 0.6 is 11.6 Å². The summed E-state index contributed by atoms with van der Waals surface area (Å²) >= 11 is 6.67. The van der Waals surface area contributed by atoms with E-state index < -0.39 is 11.8 Å². The van der Waals surface area contributed by atoms with Gasteiger partial charge in [0.1, 0.15) is 17.2 Å². The third-order valence-electron chi connectivity index (χ3n) is 6.00. The van der Waals surface area contributed by atoms with Gasteiger partial charge in [0.05, 0.1) is 16.1 Å². The molecule has 0 radical (unpaired) electrons. The summed E-state index contributed by atoms with van der Waals surface area (Å²) in [5.74, 6) is -1.61. The highest BCUT2D eigenvalue weighted by atomic mass is 35.5. The van der Waals surface area contributed by atoms with Gasteiger partial charge in [0.15, 0.2) is 0 Å². The second-order valence-corrected chi connectivity index (χ2v) is 8.50. The Morgan fingerprint density at radius 3 is 2.17 bits per heavy atom. The summed E-state index contributed by atoms with van der Waals surface area (Å²) in [6, 6.07) is 23.5. The van der Waals surface area contributed by atoms with Crippen molar-refractivity contribution in [2.45, 2.75) is 0 Å². The van der Waals surface area contributed by atoms with Gasteiger partial charge in [-0.15, -0.1) is 0 Å². The minimum atomic E-state index is -1.14. The molecule has 178 valence electrons. The van der Waals surface area contributed by atoms with Gasteiger partial charge in [0, 0.05) is 23.6 Å². The van der Waals surface area contributed by atoms with Crippen LogP contribution in [0, 0.1) is 5.82 Å². The highest BCUT2D eigenvalue weighted by molar-refractivity contribution is 6.37. The molecule has 5 aromatic rings. The van der Waals surface area contributed by atoms with Gasteiger partial charge in [-0.2, -0.15) is 0 Å². The van der Waals surface area contributed by atoms with Gasteiger partial charge in [-0.3, -0.25) is 4.79 Å². The number of benzene rings is 4. The lowest BCUT2D eigenvalue weighted by Crippen LogP contribution is -2.18. The quantitative estimate of drug-likeness (QED) is 0.266. The molecule has 0 unspecified atom stereocenters. The molecule has 1 heterocycles. The first-order chi connectivity index (χ1) is 17.4. The van der Waals surface area contributed by atoms with E-state index in [9.17, 15) is 19.1 Å². The van der Waals surface area contributed by atoms with Gasteiger partial charge < -0.3 is 14.8 Å². The van der Waals surface area contributed by atoms with Gasteiger partial charge in [-0.1, -0.05) is 60.1 Å². The maximum atomic E-state index is 13.5. The molecule has 1 aromatic heterocycles. The standard InChI is InChI=1S/C29H19ClFNO4/c1-32-28(33)25-22-15-18(9-14-23(22)36-27(25)17-7-10-19(31)11-8-17)21-13-12-20(16-5-3-2-4-6-16)24(26(21)30)29(34)35/h2-15H,1H3,(H,32,33)(H,34,35). The second-order valence-electron chi connectivity index (χ2n) is 8.12. The van der Waals surface area contributed by atoms with E-state index in [1.165, 1.54) is 19.2 Å². The van der Waals surface area contributed by atoms with E-state index in [1.54, 1.807) is 42.5 Å². The number of hydrogen-bond acceptors (Lipinski definition) is 3. The third-order valence-corrected chi connectivity index (χ3v) is 6.39. The fourth-order valence-electron chi connectivity index (χ4n) is 4.29. The van der Waals surface area contributed by atoms with Crippen LogP contribution in [0.2, 0.25) is 5.02 Å². The number of nitrogens with one attached hydrogen (secondary N) is 1. The number of carbonyl (C=O) groups excluding carboxylic acids is 1. The number of rotatable bonds is 5. The van der Waals surface area contributed by atoms with Gasteiger partial charge in [0.2, 0.25) is 0 Å². The van der Waals surface area contributed by atoms with Crippen LogP contribution in [-0.4, -0.2) is 24.0 Å². The van der Waals surface area contributed by atoms with Crippen LogP contribution in [0.15, 0.2) is 89.3 Å². The summed E-state index contributed by atoms with van der Waals surface area (Å²) in [5.41, 5.74) is 3.64. The minimum Gasteiger partial charge on any atom is -0.478 e. The molecule has 1 amide bonds. The second kappa shape index (κ2) is 9.32. The fourth-order valence-corrected chi connectivity index (χ4v) is 4.64. The lowest BCUT2D eigenvalue weighted by atomic mass is 9.94. The molecule has 4 aromatic carbocycles. The average molecular weight is 500 g/mol. The molecule has 0 fully saturated rings. The fraction of sp³-hybridized carbons (Fsp3) is 0.0345. The van der Waals surface area contributed by atoms with Crippen LogP contribution < -0.4 is 5.32 Å². The summed E-state index contributed by atoms with van der Waals surface area (Å²) in [6.45, 7) is 0. The van der Waals surface area contributed by atoms with Gasteiger partial charge >= 0.3 is 5.97 Å². The predicted molar refractivity (Wildman–Crippen MR) is 138 cm³/mol. The van der Waals surface area contributed by atoms with Gasteiger partial charge in [-0.05, 0) is 53.1 Å². The Labute approximate surface area is 210 Å². The zero-order valence-electron chi connectivity index (χ0n) is 19.0. The number of amides is 1. The summed E-state index contributed by atoms with van der Waals surface area (Å²) < 4.78 is 19.5. The highest BCUT2D eigenvalue weighted by Crippen LogP contribution is 2.40. The summed E-state index contributed by atoms with van der Waals surface area (Å²) in [4.78, 5) is 25.1. The zero-order valence-corrected chi connectivity index (χ0v) is 19.8. The SMILES string of the molecule is CNC(=O)c1c(-c2ccc(F)cc2)oc2ccc(-c3ccc(-c4ccccc4)c(C(=O)O)c3Cl)cc12. The van der Waals surface area contributed by atoms with Crippen molar-refractivity contribution in [3.63, 3.8) is 0 Å². The highest BCUT2D eigenvalue weighted by Gasteiger charge is 2.24. The Kier molecular flexibility index (Phi) is 6.04. The van der Waals surface area contributed by atoms with Crippen molar-refractivity contribution < 1.29 is 23.5 Å². The molecule has 0 aliphatic heterocycles. The van der Waals surface area contributed by atoms with Crippen molar-refractivity contribution in [1.29, 1.82) is 0 Å². The van der Waals surface area contributed by atoms with Crippen LogP contribution in [0.25, 0.3) is 44.5 Å². The number of halogens is 2. The van der Waals surface area contributed by atoms with Crippen LogP contribution in [0.5, 0.6) is 0 Å². The molecule has 7 heteroatoms. The van der Waals surface area contributed by atoms with E-state index in [0.29, 0.717) is 39.0 Å². The molecular weight excluding hydrogens is 481 g/mol. The smallest absolute Gasteiger partial charge is 0.337 e. The molecule has 0 bridgehead atoms. The van der Waals surface area contributed by atoms with Crippen molar-refractivity contribution >= 4 is 34.4 Å². The maximum absolute atomic E-state index is 13.5. The van der Waals surface area contributed by atoms with Crippen molar-refractivity contribution in [3.8, 4) is 33.6 Å². The van der Waals surface area contributed by atoms with Crippen LogP contribution in [-0.2, 0) is 0 Å². The molecule has 0 saturated carbocycles. The van der Waals surface area contributed by atoms with E-state index in [4.69, 9.17) is 16.0 Å². The summed E-state index contributed by atoms with van der Waals surface area (Å²) in [5, 5.41) is 13.2. The van der Waals surface area contributed by atoms with Crippen LogP contribution in [0.1, 0.15) is 20.7 Å². The van der Waals surface area contributed by atoms with E-state index in [1.807, 2.05) is 30.3 Å². The van der Waals surface area contributed by atoms with Crippen LogP contribution in [0.4, 0.5) is 4.39 Å². The Balaban J connectivity index is 1.71. The molecule has 0 atom stereocenters. The first-order valence-electron chi connectivity index (χ1n) is 11.0. The number of hydrogen-bond donors (Lipinski definition) is 2. The summed E-state index contributed by atoms with van der Waals surface area (Å²) in [7, 11) is 1.51. The molecule has 2 N–H and O–H groups in total. The van der Waals surface area contributed by atoms with Crippen molar-refractivity contribution in [2.24, 2.45) is 0 Å². The number of furan rings is 1. The monoisotopic (exact) mass is 499 g/mol. The Morgan fingerprint density at radius 2 is 1.50 bits per heavy atom. The number of carboxylic acids is 1. The van der Waals surface area contributed by atoms with Crippen molar-refractivity contribution in [1.82, 2.24) is 5.32 Å². The van der Waals surface area contributed by atoms with Crippen molar-refractivity contribution in [2.75, 3.05) is 7.05 Å². The van der Waals surface area contributed by atoms with Gasteiger partial charge in [0.25, 0.3) is 5.91 Å². The molecule has 0 aliphatic rings. The first-order valence-corrected chi connectivity index (χ1v) is 11.4. The predicted octanol–water partition coefficient (Wildman–Crippen LogP) is 7.28. The largest absolute Gasteiger partial charge is 0.478 e. The molecule has 0 aliphatic carbocycles. The molecule has 36 heavy (non-hydrogen) atoms. The first kappa shape index (κ1) is 23.3. The number of aromatic carboxylic acids is 1. The minimum absolute atomic E-state index is 0.00816. The molecule has 0 saturated heterocycles. The van der Waals surface area contributed by atoms with Gasteiger partial charge in [-0.25, -0.2) is 9.18 Å². The lowest BCUT2D eigenvalue weighted by Gasteiger charge is -2.13. The van der Waals surface area contributed by atoms with E-state index >= 15 is 0 Å². The Hall–Kier alpha value is -4.42. The normalized spacial score (nSPS) is 11.0. The molecule has 0 spiro atoms. The zero-order chi connectivity index (χ0) is 25.4. The molecule has 5 rings (SSSR count). The van der Waals surface area contributed by atoms with Crippen LogP contribution in [0.3, 0.4) is 0 Å². The number of carbonyl (C=O) groups is 2. The van der Waals surface area contributed by atoms with E-state index in [-0.39, 0.29) is 22.1 Å². The average Bonchev–Trinajstić information content (AvgIpc) is 3.27. The maximum Gasteiger partial charge on any atom is 0.337 e. The third kappa shape index (κ3) is 4.01. The topological polar surface area (TPSA) is 79.5 Å². The summed E-state index contributed by atoms with van der Waals surface area (Å²) in [6.07, 6.45) is 0.